The molecule has 0 bridgehead atoms. The number of nitrogens with one attached hydrogen (secondary N) is 1. The van der Waals surface area contributed by atoms with E-state index in [0.29, 0.717) is 17.5 Å². The topological polar surface area (TPSA) is 52.6 Å². The van der Waals surface area contributed by atoms with Gasteiger partial charge in [-0.3, -0.25) is 9.69 Å². The average molecular weight is 282 g/mol. The first kappa shape index (κ1) is 15.8. The molecular formula is C16H30N2O2. The van der Waals surface area contributed by atoms with E-state index in [2.05, 4.69) is 31.0 Å². The Hall–Kier alpha value is -0.610. The molecule has 0 aromatic carbocycles. The Morgan fingerprint density at radius 2 is 1.95 bits per heavy atom. The Labute approximate surface area is 122 Å². The molecule has 0 radical (unpaired) electrons. The van der Waals surface area contributed by atoms with Gasteiger partial charge in [0.1, 0.15) is 0 Å². The van der Waals surface area contributed by atoms with E-state index in [1.165, 1.54) is 19.3 Å². The SMILES string of the molecule is CC(C)(C)CCNC1CC(N(CC(=O)O)CC2CC2)C1. The molecular weight excluding hydrogens is 252 g/mol. The van der Waals surface area contributed by atoms with E-state index in [1.54, 1.807) is 0 Å². The van der Waals surface area contributed by atoms with E-state index in [-0.39, 0.29) is 6.54 Å². The molecule has 0 atom stereocenters. The molecule has 0 unspecified atom stereocenters. The monoisotopic (exact) mass is 282 g/mol. The Balaban J connectivity index is 1.65. The summed E-state index contributed by atoms with van der Waals surface area (Å²) in [5.74, 6) is 0.0806. The van der Waals surface area contributed by atoms with Crippen LogP contribution in [-0.4, -0.2) is 47.7 Å². The summed E-state index contributed by atoms with van der Waals surface area (Å²) >= 11 is 0. The van der Waals surface area contributed by atoms with Gasteiger partial charge in [0.2, 0.25) is 0 Å². The van der Waals surface area contributed by atoms with Crippen molar-refractivity contribution < 1.29 is 9.90 Å². The van der Waals surface area contributed by atoms with Crippen LogP contribution in [0, 0.1) is 11.3 Å². The summed E-state index contributed by atoms with van der Waals surface area (Å²) in [6.07, 6.45) is 6.00. The number of carboxylic acids is 1. The van der Waals surface area contributed by atoms with Crippen molar-refractivity contribution >= 4 is 5.97 Å². The van der Waals surface area contributed by atoms with Crippen molar-refractivity contribution in [2.45, 2.75) is 65.0 Å². The normalized spacial score (nSPS) is 26.6. The molecule has 0 aromatic rings. The molecule has 0 aromatic heterocycles. The minimum absolute atomic E-state index is 0.218. The number of hydrogen-bond acceptors (Lipinski definition) is 3. The van der Waals surface area contributed by atoms with Crippen molar-refractivity contribution in [2.24, 2.45) is 11.3 Å². The van der Waals surface area contributed by atoms with E-state index >= 15 is 0 Å². The second-order valence-corrected chi connectivity index (χ2v) is 7.85. The zero-order valence-corrected chi connectivity index (χ0v) is 13.2. The van der Waals surface area contributed by atoms with Gasteiger partial charge in [-0.05, 0) is 50.0 Å². The molecule has 0 amide bonds. The van der Waals surface area contributed by atoms with Crippen LogP contribution in [0.25, 0.3) is 0 Å². The van der Waals surface area contributed by atoms with Crippen molar-refractivity contribution in [2.75, 3.05) is 19.6 Å². The Morgan fingerprint density at radius 1 is 1.30 bits per heavy atom. The zero-order chi connectivity index (χ0) is 14.8. The lowest BCUT2D eigenvalue weighted by Crippen LogP contribution is -2.54. The second kappa shape index (κ2) is 6.44. The summed E-state index contributed by atoms with van der Waals surface area (Å²) in [6.45, 7) is 9.08. The number of nitrogens with zero attached hydrogens (tertiary/aromatic N) is 1. The molecule has 0 aliphatic heterocycles. The lowest BCUT2D eigenvalue weighted by Gasteiger charge is -2.43. The van der Waals surface area contributed by atoms with E-state index < -0.39 is 5.97 Å². The van der Waals surface area contributed by atoms with Crippen molar-refractivity contribution in [3.05, 3.63) is 0 Å². The number of carboxylic acid groups (broad SMARTS) is 1. The molecule has 4 heteroatoms. The summed E-state index contributed by atoms with van der Waals surface area (Å²) in [6, 6.07) is 1.08. The highest BCUT2D eigenvalue weighted by molar-refractivity contribution is 5.69. The third kappa shape index (κ3) is 5.41. The quantitative estimate of drug-likeness (QED) is 0.717. The number of carbonyl (C=O) groups is 1. The van der Waals surface area contributed by atoms with Gasteiger partial charge < -0.3 is 10.4 Å². The Bertz CT molecular complexity index is 328. The minimum atomic E-state index is -0.685. The lowest BCUT2D eigenvalue weighted by molar-refractivity contribution is -0.139. The van der Waals surface area contributed by atoms with Gasteiger partial charge in [0.05, 0.1) is 6.54 Å². The van der Waals surface area contributed by atoms with Crippen LogP contribution in [-0.2, 0) is 4.79 Å². The highest BCUT2D eigenvalue weighted by Crippen LogP contribution is 2.33. The predicted octanol–water partition coefficient (Wildman–Crippen LogP) is 2.34. The maximum Gasteiger partial charge on any atom is 0.317 e. The van der Waals surface area contributed by atoms with Crippen molar-refractivity contribution in [1.82, 2.24) is 10.2 Å². The van der Waals surface area contributed by atoms with E-state index in [9.17, 15) is 4.79 Å². The Kier molecular flexibility index (Phi) is 5.08. The molecule has 2 saturated carbocycles. The van der Waals surface area contributed by atoms with Gasteiger partial charge >= 0.3 is 5.97 Å². The second-order valence-electron chi connectivity index (χ2n) is 7.85. The van der Waals surface area contributed by atoms with Crippen molar-refractivity contribution in [1.29, 1.82) is 0 Å². The van der Waals surface area contributed by atoms with Crippen LogP contribution in [0.4, 0.5) is 0 Å². The third-order valence-electron chi connectivity index (χ3n) is 4.47. The van der Waals surface area contributed by atoms with E-state index in [1.807, 2.05) is 0 Å². The number of hydrogen-bond donors (Lipinski definition) is 2. The number of aliphatic carboxylic acids is 1. The average Bonchev–Trinajstić information content (AvgIpc) is 3.02. The molecule has 0 spiro atoms. The van der Waals surface area contributed by atoms with Crippen molar-refractivity contribution in [3.8, 4) is 0 Å². The fourth-order valence-corrected chi connectivity index (χ4v) is 2.85. The maximum atomic E-state index is 11.0. The first-order valence-corrected chi connectivity index (χ1v) is 8.03. The van der Waals surface area contributed by atoms with Gasteiger partial charge in [0.15, 0.2) is 0 Å². The summed E-state index contributed by atoms with van der Waals surface area (Å²) in [4.78, 5) is 13.2. The van der Waals surface area contributed by atoms with Crippen LogP contribution in [0.2, 0.25) is 0 Å². The van der Waals surface area contributed by atoms with Crippen LogP contribution in [0.15, 0.2) is 0 Å². The first-order chi connectivity index (χ1) is 9.33. The fraction of sp³-hybridized carbons (Fsp3) is 0.938. The Morgan fingerprint density at radius 3 is 2.45 bits per heavy atom. The van der Waals surface area contributed by atoms with E-state index in [4.69, 9.17) is 5.11 Å². The zero-order valence-electron chi connectivity index (χ0n) is 13.2. The lowest BCUT2D eigenvalue weighted by atomic mass is 9.84. The molecule has 20 heavy (non-hydrogen) atoms. The molecule has 2 N–H and O–H groups in total. The summed E-state index contributed by atoms with van der Waals surface area (Å²) in [5, 5.41) is 12.6. The van der Waals surface area contributed by atoms with Crippen LogP contribution in [0.3, 0.4) is 0 Å². The molecule has 2 aliphatic rings. The van der Waals surface area contributed by atoms with Gasteiger partial charge in [-0.15, -0.1) is 0 Å². The first-order valence-electron chi connectivity index (χ1n) is 8.03. The van der Waals surface area contributed by atoms with Gasteiger partial charge in [0.25, 0.3) is 0 Å². The standard InChI is InChI=1S/C16H30N2O2/c1-16(2,3)6-7-17-13-8-14(9-13)18(11-15(19)20)10-12-4-5-12/h12-14,17H,4-11H2,1-3H3,(H,19,20). The van der Waals surface area contributed by atoms with Crippen LogP contribution in [0.1, 0.15) is 52.9 Å². The van der Waals surface area contributed by atoms with Gasteiger partial charge in [-0.2, -0.15) is 0 Å². The molecule has 2 fully saturated rings. The molecule has 0 heterocycles. The molecule has 116 valence electrons. The van der Waals surface area contributed by atoms with Gasteiger partial charge in [0, 0.05) is 18.6 Å². The van der Waals surface area contributed by atoms with Crippen LogP contribution < -0.4 is 5.32 Å². The smallest absolute Gasteiger partial charge is 0.317 e. The number of rotatable bonds is 8. The van der Waals surface area contributed by atoms with Gasteiger partial charge in [-0.25, -0.2) is 0 Å². The molecule has 2 aliphatic carbocycles. The fourth-order valence-electron chi connectivity index (χ4n) is 2.85. The molecule has 4 nitrogen and oxygen atoms in total. The van der Waals surface area contributed by atoms with Gasteiger partial charge in [-0.1, -0.05) is 20.8 Å². The minimum Gasteiger partial charge on any atom is -0.480 e. The van der Waals surface area contributed by atoms with Crippen molar-refractivity contribution in [3.63, 3.8) is 0 Å². The molecule has 2 rings (SSSR count). The summed E-state index contributed by atoms with van der Waals surface area (Å²) in [5.41, 5.74) is 0.386. The largest absolute Gasteiger partial charge is 0.480 e. The molecule has 0 saturated heterocycles. The maximum absolute atomic E-state index is 11.0. The highest BCUT2D eigenvalue weighted by Gasteiger charge is 2.36. The third-order valence-corrected chi connectivity index (χ3v) is 4.47. The van der Waals surface area contributed by atoms with Crippen LogP contribution >= 0.6 is 0 Å². The highest BCUT2D eigenvalue weighted by atomic mass is 16.4. The predicted molar refractivity (Wildman–Crippen MR) is 80.8 cm³/mol. The summed E-state index contributed by atoms with van der Waals surface area (Å²) < 4.78 is 0. The van der Waals surface area contributed by atoms with Crippen LogP contribution in [0.5, 0.6) is 0 Å². The van der Waals surface area contributed by atoms with E-state index in [0.717, 1.165) is 31.8 Å². The summed E-state index contributed by atoms with van der Waals surface area (Å²) in [7, 11) is 0.